The Morgan fingerprint density at radius 1 is 1.50 bits per heavy atom. The summed E-state index contributed by atoms with van der Waals surface area (Å²) in [6.45, 7) is 2.21. The highest BCUT2D eigenvalue weighted by Gasteiger charge is 2.31. The molecule has 4 heteroatoms. The molecule has 98 valence electrons. The molecular weight excluding hydrogens is 226 g/mol. The van der Waals surface area contributed by atoms with Crippen molar-refractivity contribution in [3.63, 3.8) is 0 Å². The van der Waals surface area contributed by atoms with Crippen LogP contribution in [0.3, 0.4) is 0 Å². The third-order valence-corrected chi connectivity index (χ3v) is 3.81. The lowest BCUT2D eigenvalue weighted by atomic mass is 10.1. The number of nitrogens with zero attached hydrogens (tertiary/aromatic N) is 1. The molecule has 1 amide bonds. The molecular formula is C14H21N3O. The zero-order valence-electron chi connectivity index (χ0n) is 11.2. The fraction of sp³-hybridized carbons (Fsp3) is 0.500. The number of nitrogens with one attached hydrogen (secondary N) is 1. The maximum atomic E-state index is 11.6. The van der Waals surface area contributed by atoms with Gasteiger partial charge in [-0.05, 0) is 43.9 Å². The van der Waals surface area contributed by atoms with Crippen molar-refractivity contribution in [1.29, 1.82) is 0 Å². The van der Waals surface area contributed by atoms with E-state index in [1.165, 1.54) is 12.8 Å². The first-order chi connectivity index (χ1) is 8.54. The predicted molar refractivity (Wildman–Crippen MR) is 74.8 cm³/mol. The maximum Gasteiger partial charge on any atom is 0.251 e. The average Bonchev–Trinajstić information content (AvgIpc) is 3.21. The van der Waals surface area contributed by atoms with Gasteiger partial charge in [0.2, 0.25) is 0 Å². The van der Waals surface area contributed by atoms with Crippen LogP contribution in [0, 0.1) is 5.92 Å². The van der Waals surface area contributed by atoms with E-state index in [0.717, 1.165) is 17.3 Å². The summed E-state index contributed by atoms with van der Waals surface area (Å²) >= 11 is 0. The van der Waals surface area contributed by atoms with Crippen LogP contribution in [-0.2, 0) is 0 Å². The van der Waals surface area contributed by atoms with Crippen molar-refractivity contribution in [3.8, 4) is 0 Å². The van der Waals surface area contributed by atoms with E-state index in [9.17, 15) is 4.79 Å². The van der Waals surface area contributed by atoms with Gasteiger partial charge >= 0.3 is 0 Å². The van der Waals surface area contributed by atoms with Gasteiger partial charge in [0.05, 0.1) is 11.4 Å². The van der Waals surface area contributed by atoms with Gasteiger partial charge in [-0.3, -0.25) is 4.79 Å². The quantitative estimate of drug-likeness (QED) is 0.798. The molecule has 1 aliphatic carbocycles. The number of hydrogen-bond acceptors (Lipinski definition) is 3. The summed E-state index contributed by atoms with van der Waals surface area (Å²) < 4.78 is 0. The van der Waals surface area contributed by atoms with Gasteiger partial charge in [-0.1, -0.05) is 0 Å². The highest BCUT2D eigenvalue weighted by molar-refractivity contribution is 5.96. The SMILES string of the molecule is CNC(=O)c1ccc(N)c(N(C)C(C)C2CC2)c1. The third-order valence-electron chi connectivity index (χ3n) is 3.81. The van der Waals surface area contributed by atoms with Crippen LogP contribution in [0.5, 0.6) is 0 Å². The van der Waals surface area contributed by atoms with E-state index >= 15 is 0 Å². The van der Waals surface area contributed by atoms with Crippen LogP contribution in [0.15, 0.2) is 18.2 Å². The van der Waals surface area contributed by atoms with E-state index in [1.807, 2.05) is 13.1 Å². The summed E-state index contributed by atoms with van der Waals surface area (Å²) in [6, 6.07) is 5.89. The molecule has 0 saturated heterocycles. The highest BCUT2D eigenvalue weighted by atomic mass is 16.1. The Hall–Kier alpha value is -1.71. The minimum atomic E-state index is -0.0799. The normalized spacial score (nSPS) is 16.2. The molecule has 18 heavy (non-hydrogen) atoms. The van der Waals surface area contributed by atoms with Crippen LogP contribution in [0.1, 0.15) is 30.1 Å². The van der Waals surface area contributed by atoms with Crippen LogP contribution >= 0.6 is 0 Å². The fourth-order valence-corrected chi connectivity index (χ4v) is 2.25. The summed E-state index contributed by atoms with van der Waals surface area (Å²) in [5.74, 6) is 0.682. The molecule has 0 bridgehead atoms. The fourth-order valence-electron chi connectivity index (χ4n) is 2.25. The molecule has 0 spiro atoms. The minimum Gasteiger partial charge on any atom is -0.397 e. The molecule has 0 radical (unpaired) electrons. The van der Waals surface area contributed by atoms with Crippen molar-refractivity contribution in [1.82, 2.24) is 5.32 Å². The van der Waals surface area contributed by atoms with Crippen molar-refractivity contribution in [2.75, 3.05) is 24.7 Å². The Morgan fingerprint density at radius 2 is 2.17 bits per heavy atom. The monoisotopic (exact) mass is 247 g/mol. The van der Waals surface area contributed by atoms with Crippen LogP contribution < -0.4 is 16.0 Å². The number of nitrogens with two attached hydrogens (primary N) is 1. The second kappa shape index (κ2) is 4.88. The van der Waals surface area contributed by atoms with Crippen LogP contribution in [0.4, 0.5) is 11.4 Å². The lowest BCUT2D eigenvalue weighted by Crippen LogP contribution is -2.31. The number of amides is 1. The number of nitrogen functional groups attached to an aromatic ring is 1. The number of benzene rings is 1. The first-order valence-electron chi connectivity index (χ1n) is 6.39. The topological polar surface area (TPSA) is 58.4 Å². The lowest BCUT2D eigenvalue weighted by Gasteiger charge is -2.28. The first kappa shape index (κ1) is 12.7. The average molecular weight is 247 g/mol. The molecule has 0 aromatic heterocycles. The Bertz CT molecular complexity index is 454. The van der Waals surface area contributed by atoms with Crippen molar-refractivity contribution in [2.45, 2.75) is 25.8 Å². The summed E-state index contributed by atoms with van der Waals surface area (Å²) in [5.41, 5.74) is 8.33. The Labute approximate surface area is 108 Å². The molecule has 3 N–H and O–H groups in total. The number of anilines is 2. The molecule has 1 aliphatic rings. The predicted octanol–water partition coefficient (Wildman–Crippen LogP) is 1.86. The third kappa shape index (κ3) is 2.42. The zero-order valence-corrected chi connectivity index (χ0v) is 11.2. The lowest BCUT2D eigenvalue weighted by molar-refractivity contribution is 0.0963. The smallest absolute Gasteiger partial charge is 0.251 e. The molecule has 1 fully saturated rings. The molecule has 1 aromatic carbocycles. The number of carbonyl (C=O) groups is 1. The summed E-state index contributed by atoms with van der Waals surface area (Å²) in [5, 5.41) is 2.63. The van der Waals surface area contributed by atoms with Gasteiger partial charge < -0.3 is 16.0 Å². The van der Waals surface area contributed by atoms with Gasteiger partial charge in [-0.2, -0.15) is 0 Å². The van der Waals surface area contributed by atoms with Crippen LogP contribution in [-0.4, -0.2) is 26.0 Å². The molecule has 2 rings (SSSR count). The van der Waals surface area contributed by atoms with E-state index in [1.54, 1.807) is 19.2 Å². The largest absolute Gasteiger partial charge is 0.397 e. The molecule has 0 aliphatic heterocycles. The van der Waals surface area contributed by atoms with Gasteiger partial charge in [-0.25, -0.2) is 0 Å². The highest BCUT2D eigenvalue weighted by Crippen LogP contribution is 2.37. The Balaban J connectivity index is 2.27. The van der Waals surface area contributed by atoms with Gasteiger partial charge in [0.1, 0.15) is 0 Å². The van der Waals surface area contributed by atoms with E-state index in [4.69, 9.17) is 5.73 Å². The molecule has 1 aromatic rings. The Morgan fingerprint density at radius 3 is 2.72 bits per heavy atom. The van der Waals surface area contributed by atoms with Crippen molar-refractivity contribution in [3.05, 3.63) is 23.8 Å². The molecule has 0 heterocycles. The number of rotatable bonds is 4. The summed E-state index contributed by atoms with van der Waals surface area (Å²) in [4.78, 5) is 13.8. The Kier molecular flexibility index (Phi) is 3.45. The minimum absolute atomic E-state index is 0.0799. The standard InChI is InChI=1S/C14H21N3O/c1-9(10-4-5-10)17(3)13-8-11(14(18)16-2)6-7-12(13)15/h6-10H,4-5,15H2,1-3H3,(H,16,18). The van der Waals surface area contributed by atoms with Crippen molar-refractivity contribution in [2.24, 2.45) is 5.92 Å². The van der Waals surface area contributed by atoms with E-state index in [0.29, 0.717) is 11.6 Å². The van der Waals surface area contributed by atoms with Crippen LogP contribution in [0.25, 0.3) is 0 Å². The first-order valence-corrected chi connectivity index (χ1v) is 6.39. The van der Waals surface area contributed by atoms with Gasteiger partial charge in [0.15, 0.2) is 0 Å². The second-order valence-electron chi connectivity index (χ2n) is 5.04. The molecule has 1 saturated carbocycles. The molecule has 1 unspecified atom stereocenters. The number of carbonyl (C=O) groups excluding carboxylic acids is 1. The van der Waals surface area contributed by atoms with E-state index in [2.05, 4.69) is 17.1 Å². The maximum absolute atomic E-state index is 11.6. The summed E-state index contributed by atoms with van der Waals surface area (Å²) in [7, 11) is 3.68. The number of hydrogen-bond donors (Lipinski definition) is 2. The molecule has 1 atom stereocenters. The van der Waals surface area contributed by atoms with Gasteiger partial charge in [-0.15, -0.1) is 0 Å². The van der Waals surface area contributed by atoms with Crippen molar-refractivity contribution >= 4 is 17.3 Å². The van der Waals surface area contributed by atoms with E-state index in [-0.39, 0.29) is 5.91 Å². The van der Waals surface area contributed by atoms with Gasteiger partial charge in [0, 0.05) is 25.7 Å². The van der Waals surface area contributed by atoms with Crippen molar-refractivity contribution < 1.29 is 4.79 Å². The molecule has 4 nitrogen and oxygen atoms in total. The van der Waals surface area contributed by atoms with Crippen LogP contribution in [0.2, 0.25) is 0 Å². The summed E-state index contributed by atoms with van der Waals surface area (Å²) in [6.07, 6.45) is 2.58. The zero-order chi connectivity index (χ0) is 13.3. The second-order valence-corrected chi connectivity index (χ2v) is 5.04. The van der Waals surface area contributed by atoms with E-state index < -0.39 is 0 Å². The van der Waals surface area contributed by atoms with Gasteiger partial charge in [0.25, 0.3) is 5.91 Å².